The number of ketones is 2. The smallest absolute Gasteiger partial charge is 0.333 e. The van der Waals surface area contributed by atoms with Crippen LogP contribution in [0.3, 0.4) is 0 Å². The Labute approximate surface area is 554 Å². The number of esters is 1. The van der Waals surface area contributed by atoms with E-state index >= 15 is 0 Å². The highest BCUT2D eigenvalue weighted by Gasteiger charge is 2.40. The first-order valence-electron chi connectivity index (χ1n) is 28.5. The number of aliphatic hydroxyl groups excluding tert-OH is 1. The van der Waals surface area contributed by atoms with Crippen LogP contribution in [0.1, 0.15) is 123 Å². The molecule has 0 radical (unpaired) electrons. The van der Waals surface area contributed by atoms with Crippen LogP contribution in [0.4, 0.5) is 0 Å². The summed E-state index contributed by atoms with van der Waals surface area (Å²) < 4.78 is 15.8. The average molecular weight is 1370 g/mol. The normalized spacial score (nSPS) is 18.2. The Morgan fingerprint density at radius 3 is 2.09 bits per heavy atom. The molecule has 5 amide bonds. The minimum Gasteiger partial charge on any atom is -0.497 e. The number of fused-ring (bicyclic) bond motifs is 14. The van der Waals surface area contributed by atoms with E-state index in [1.165, 1.54) is 38.8 Å². The van der Waals surface area contributed by atoms with Gasteiger partial charge in [0.05, 0.1) is 67.9 Å². The van der Waals surface area contributed by atoms with Crippen molar-refractivity contribution in [2.24, 2.45) is 11.7 Å². The number of epoxide rings is 1. The summed E-state index contributed by atoms with van der Waals surface area (Å²) in [6, 6.07) is 16.1. The highest BCUT2D eigenvalue weighted by molar-refractivity contribution is 7.15. The van der Waals surface area contributed by atoms with Gasteiger partial charge in [-0.3, -0.25) is 33.6 Å². The number of nitrogens with one attached hydrogen (secondary N) is 4. The van der Waals surface area contributed by atoms with E-state index in [0.717, 1.165) is 52.5 Å². The van der Waals surface area contributed by atoms with Crippen molar-refractivity contribution in [2.75, 3.05) is 20.8 Å². The molecule has 24 nitrogen and oxygen atoms in total. The molecule has 0 unspecified atom stereocenters. The van der Waals surface area contributed by atoms with Gasteiger partial charge < -0.3 is 46.3 Å². The van der Waals surface area contributed by atoms with Crippen molar-refractivity contribution < 1.29 is 57.7 Å². The minimum absolute atomic E-state index is 0.0184. The number of pyridine rings is 1. The van der Waals surface area contributed by atoms with E-state index in [1.54, 1.807) is 86.1 Å². The third-order valence-corrected chi connectivity index (χ3v) is 20.7. The molecule has 0 spiro atoms. The van der Waals surface area contributed by atoms with Gasteiger partial charge in [0.1, 0.15) is 76.7 Å². The monoisotopic (exact) mass is 1360 g/mol. The molecule has 9 aromatic rings. The summed E-state index contributed by atoms with van der Waals surface area (Å²) in [5.74, 6) is -6.12. The van der Waals surface area contributed by atoms with E-state index in [-0.39, 0.29) is 68.9 Å². The van der Waals surface area contributed by atoms with Gasteiger partial charge in [-0.1, -0.05) is 62.5 Å². The number of aromatic nitrogens is 7. The Morgan fingerprint density at radius 1 is 0.720 bits per heavy atom. The number of nitrogens with two attached hydrogens (primary N) is 1. The van der Waals surface area contributed by atoms with Crippen molar-refractivity contribution in [2.45, 2.75) is 75.8 Å². The molecule has 7 N–H and O–H groups in total. The van der Waals surface area contributed by atoms with Crippen LogP contribution in [0.15, 0.2) is 118 Å². The van der Waals surface area contributed by atoms with Gasteiger partial charge in [0, 0.05) is 74.0 Å². The topological polar surface area (TPSA) is 352 Å². The molecule has 2 aliphatic heterocycles. The zero-order valence-electron chi connectivity index (χ0n) is 49.8. The number of carbonyl (C=O) groups is 8. The number of benzene rings is 2. The second kappa shape index (κ2) is 28.3. The molecule has 30 heteroatoms. The number of aryl methyl sites for hydroxylation is 1. The van der Waals surface area contributed by atoms with Crippen LogP contribution in [0.2, 0.25) is 0 Å². The lowest BCUT2D eigenvalue weighted by molar-refractivity contribution is -0.137. The quantitative estimate of drug-likeness (QED) is 0.0299. The summed E-state index contributed by atoms with van der Waals surface area (Å²) >= 11 is 6.91. The maximum absolute atomic E-state index is 15.0. The molecule has 1 saturated heterocycles. The van der Waals surface area contributed by atoms with Gasteiger partial charge in [0.25, 0.3) is 17.7 Å². The van der Waals surface area contributed by atoms with Crippen molar-refractivity contribution in [3.05, 3.63) is 172 Å². The lowest BCUT2D eigenvalue weighted by Gasteiger charge is -2.26. The third kappa shape index (κ3) is 15.0. The molecule has 9 heterocycles. The molecular weight excluding hydrogens is 1310 g/mol. The number of ether oxygens (including phenoxy) is 3. The van der Waals surface area contributed by atoms with Gasteiger partial charge >= 0.3 is 5.97 Å². The maximum Gasteiger partial charge on any atom is 0.333 e. The Balaban J connectivity index is 0.980. The number of amides is 5. The van der Waals surface area contributed by atoms with Crippen molar-refractivity contribution in [1.82, 2.24) is 56.2 Å². The van der Waals surface area contributed by atoms with Crippen molar-refractivity contribution in [1.29, 1.82) is 0 Å². The number of thiazole rings is 6. The number of nitrogens with zero attached hydrogens (tertiary/aromatic N) is 7. The second-order valence-corrected chi connectivity index (χ2v) is 27.1. The van der Waals surface area contributed by atoms with E-state index in [2.05, 4.69) is 44.1 Å². The molecule has 476 valence electrons. The highest BCUT2D eigenvalue weighted by atomic mass is 32.1. The van der Waals surface area contributed by atoms with Gasteiger partial charge in [0.2, 0.25) is 11.8 Å². The summed E-state index contributed by atoms with van der Waals surface area (Å²) in [5.41, 5.74) is 8.27. The SMILES string of the molecule is C=C(CC(=O)C(=C)NC(=O)c1csc(-c2ccc3c(n2)-c2csc(n2)-c2csc(n2)[C@H]([C@@H](C)[C@@H]2CO2)NC(=O)[C@H](Cc2ccc(OC)cc2)NC(=O)c2csc(n2)[C@H]([C@H](O)c2ccccc2)CC(=O)c2nc(sc2C)[C@H](CC(N)=O)NC(=O)c2csc-3n2)n1)C(=O)OC. The molecule has 7 atom stereocenters. The lowest BCUT2D eigenvalue weighted by Crippen LogP contribution is -2.50. The number of methoxy groups -OCH3 is 2. The molecule has 0 aliphatic carbocycles. The van der Waals surface area contributed by atoms with Gasteiger partial charge in [-0.2, -0.15) is 0 Å². The number of allylic oxidation sites excluding steroid dienone is 1. The van der Waals surface area contributed by atoms with Crippen LogP contribution in [0.5, 0.6) is 5.75 Å². The molecule has 10 bridgehead atoms. The van der Waals surface area contributed by atoms with Gasteiger partial charge in [-0.05, 0) is 42.3 Å². The van der Waals surface area contributed by atoms with E-state index in [0.29, 0.717) is 76.7 Å². The minimum atomic E-state index is -1.30. The molecular formula is C63H56N12O12S6. The lowest BCUT2D eigenvalue weighted by atomic mass is 9.90. The highest BCUT2D eigenvalue weighted by Crippen LogP contribution is 2.42. The number of hydrogen-bond acceptors (Lipinski definition) is 25. The van der Waals surface area contributed by atoms with E-state index in [9.17, 15) is 43.5 Å². The predicted molar refractivity (Wildman–Crippen MR) is 350 cm³/mol. The number of primary amides is 1. The van der Waals surface area contributed by atoms with E-state index in [1.807, 2.05) is 12.3 Å². The zero-order valence-corrected chi connectivity index (χ0v) is 54.7. The third-order valence-electron chi connectivity index (χ3n) is 15.1. The van der Waals surface area contributed by atoms with Crippen LogP contribution in [-0.2, 0) is 35.1 Å². The zero-order chi connectivity index (χ0) is 65.8. The van der Waals surface area contributed by atoms with Gasteiger partial charge in [-0.25, -0.2) is 39.7 Å². The Hall–Kier alpha value is -9.27. The second-order valence-electron chi connectivity index (χ2n) is 21.5. The summed E-state index contributed by atoms with van der Waals surface area (Å²) in [7, 11) is 2.69. The van der Waals surface area contributed by atoms with E-state index in [4.69, 9.17) is 45.1 Å². The molecule has 11 rings (SSSR count). The molecule has 2 aliphatic rings. The largest absolute Gasteiger partial charge is 0.497 e. The summed E-state index contributed by atoms with van der Waals surface area (Å²) in [5, 5.41) is 33.7. The molecule has 93 heavy (non-hydrogen) atoms. The maximum atomic E-state index is 15.0. The number of hydrogen-bond donors (Lipinski definition) is 6. The first kappa shape index (κ1) is 65.2. The number of aliphatic hydroxyl groups is 1. The molecule has 1 fully saturated rings. The number of Topliss-reactive ketones (excluding diaryl/α,β-unsaturated/α-hetero) is 2. The van der Waals surface area contributed by atoms with Crippen molar-refractivity contribution in [3.63, 3.8) is 0 Å². The molecule has 0 saturated carbocycles. The average Bonchev–Trinajstić information content (AvgIpc) is 1.71. The number of rotatable bonds is 16. The first-order valence-corrected chi connectivity index (χ1v) is 33.7. The van der Waals surface area contributed by atoms with Crippen LogP contribution < -0.4 is 31.7 Å². The number of carbonyl (C=O) groups excluding carboxylic acids is 8. The fraction of sp³-hybridized carbons (Fsp3) is 0.254. The van der Waals surface area contributed by atoms with Crippen LogP contribution >= 0.6 is 68.0 Å². The Kier molecular flexibility index (Phi) is 19.9. The summed E-state index contributed by atoms with van der Waals surface area (Å²) in [6.45, 7) is 11.3. The predicted octanol–water partition coefficient (Wildman–Crippen LogP) is 8.72. The summed E-state index contributed by atoms with van der Waals surface area (Å²) in [4.78, 5) is 144. The fourth-order valence-corrected chi connectivity index (χ4v) is 15.3. The van der Waals surface area contributed by atoms with Crippen molar-refractivity contribution >= 4 is 115 Å². The fourth-order valence-electron chi connectivity index (χ4n) is 9.98. The van der Waals surface area contributed by atoms with Crippen LogP contribution in [0.25, 0.3) is 43.4 Å². The van der Waals surface area contributed by atoms with E-state index < -0.39 is 90.1 Å². The summed E-state index contributed by atoms with van der Waals surface area (Å²) in [6.07, 6.45) is -2.64. The van der Waals surface area contributed by atoms with Crippen molar-refractivity contribution in [3.8, 4) is 49.1 Å². The molecule has 7 aromatic heterocycles. The standard InChI is InChI=1S/C63H56N12O12S6/c1-28(63(84)86-6)18-45(76)30(3)65-54(81)41-26-91-59(72-41)37-17-16-35-51(66-37)40-23-90-60(69-40)44-27-92-62(73-44)49(29(2)47-22-87-47)74-53(80)38(19-32-12-14-34(85-5)15-13-32)67-55(82)42-25-89-58(71-42)36(52(79)33-10-8-7-9-11-33)20-46(77)50-31(4)93-61(75-50)39(21-48(64)78)68-56(83)43-24-88-57(35)70-43/h7-17,23-27,29,36,38-39,47,49,52,79H,1,3,18-22H2,2,4-6H3,(H2,64,78)(H,65,81)(H,67,82)(H,68,83)(H,74,80)/t29-,36-,38-,39-,47-,49-,52+/m0/s1. The van der Waals surface area contributed by atoms with Crippen LogP contribution in [-0.4, -0.2) is 120 Å². The van der Waals surface area contributed by atoms with Gasteiger partial charge in [-0.15, -0.1) is 68.0 Å². The molecule has 2 aromatic carbocycles. The Morgan fingerprint density at radius 2 is 1.37 bits per heavy atom. The Bertz CT molecular complexity index is 4400. The first-order chi connectivity index (χ1) is 44.7. The van der Waals surface area contributed by atoms with Gasteiger partial charge in [0.15, 0.2) is 11.6 Å². The van der Waals surface area contributed by atoms with Crippen LogP contribution in [0, 0.1) is 12.8 Å².